The Labute approximate surface area is 147 Å². The van der Waals surface area contributed by atoms with Gasteiger partial charge in [-0.2, -0.15) is 0 Å². The molecule has 7 nitrogen and oxygen atoms in total. The molecule has 0 aliphatic carbocycles. The minimum absolute atomic E-state index is 0.0993. The molecule has 0 N–H and O–H groups in total. The van der Waals surface area contributed by atoms with Gasteiger partial charge in [0.25, 0.3) is 0 Å². The Kier molecular flexibility index (Phi) is 15.3. The molecule has 144 valence electrons. The van der Waals surface area contributed by atoms with Crippen LogP contribution in [-0.2, 0) is 19.0 Å². The standard InChI is InChI=1S/C17H37N3O4/c1-6-20(17(3)21)11-15-24-13-9-18(4)8-12-23-14-10-19(5)16-22-7-2/h6-16H2,1-5H3. The largest absolute Gasteiger partial charge is 0.379 e. The lowest BCUT2D eigenvalue weighted by Gasteiger charge is -2.20. The number of hydrogen-bond acceptors (Lipinski definition) is 6. The molecule has 0 unspecified atom stereocenters. The number of hydrogen-bond donors (Lipinski definition) is 0. The molecule has 24 heavy (non-hydrogen) atoms. The van der Waals surface area contributed by atoms with Gasteiger partial charge >= 0.3 is 0 Å². The molecule has 7 heteroatoms. The molecule has 0 spiro atoms. The summed E-state index contributed by atoms with van der Waals surface area (Å²) >= 11 is 0. The third kappa shape index (κ3) is 13.7. The molecule has 0 aromatic rings. The van der Waals surface area contributed by atoms with Gasteiger partial charge in [0.05, 0.1) is 33.2 Å². The van der Waals surface area contributed by atoms with Gasteiger partial charge in [0.1, 0.15) is 0 Å². The highest BCUT2D eigenvalue weighted by molar-refractivity contribution is 5.73. The highest BCUT2D eigenvalue weighted by atomic mass is 16.5. The fraction of sp³-hybridized carbons (Fsp3) is 0.941. The summed E-state index contributed by atoms with van der Waals surface area (Å²) in [5, 5.41) is 0. The Morgan fingerprint density at radius 2 is 1.29 bits per heavy atom. The van der Waals surface area contributed by atoms with Crippen LogP contribution >= 0.6 is 0 Å². The predicted molar refractivity (Wildman–Crippen MR) is 96.2 cm³/mol. The van der Waals surface area contributed by atoms with Gasteiger partial charge in [-0.25, -0.2) is 0 Å². The van der Waals surface area contributed by atoms with E-state index in [0.29, 0.717) is 39.7 Å². The van der Waals surface area contributed by atoms with E-state index in [-0.39, 0.29) is 5.91 Å². The number of carbonyl (C=O) groups excluding carboxylic acids is 1. The van der Waals surface area contributed by atoms with E-state index in [9.17, 15) is 4.79 Å². The fourth-order valence-corrected chi connectivity index (χ4v) is 2.00. The van der Waals surface area contributed by atoms with Crippen LogP contribution in [0.1, 0.15) is 20.8 Å². The van der Waals surface area contributed by atoms with E-state index in [0.717, 1.165) is 32.8 Å². The molecule has 1 amide bonds. The molecule has 0 aliphatic rings. The van der Waals surface area contributed by atoms with Crippen molar-refractivity contribution in [1.29, 1.82) is 0 Å². The second-order valence-corrected chi connectivity index (χ2v) is 5.83. The minimum atomic E-state index is 0.0993. The summed E-state index contributed by atoms with van der Waals surface area (Å²) in [7, 11) is 4.08. The van der Waals surface area contributed by atoms with Gasteiger partial charge in [-0.1, -0.05) is 0 Å². The fourth-order valence-electron chi connectivity index (χ4n) is 2.00. The number of likely N-dealkylation sites (N-methyl/N-ethyl adjacent to an activating group) is 3. The Morgan fingerprint density at radius 3 is 1.75 bits per heavy atom. The number of rotatable bonds is 16. The first-order valence-electron chi connectivity index (χ1n) is 8.87. The summed E-state index contributed by atoms with van der Waals surface area (Å²) in [5.74, 6) is 0.0993. The third-order valence-corrected chi connectivity index (χ3v) is 3.70. The van der Waals surface area contributed by atoms with E-state index in [1.807, 2.05) is 20.9 Å². The third-order valence-electron chi connectivity index (χ3n) is 3.70. The average molecular weight is 348 g/mol. The van der Waals surface area contributed by atoms with Crippen molar-refractivity contribution in [3.8, 4) is 0 Å². The second kappa shape index (κ2) is 15.8. The number of ether oxygens (including phenoxy) is 3. The zero-order valence-electron chi connectivity index (χ0n) is 16.3. The van der Waals surface area contributed by atoms with Crippen LogP contribution in [0.25, 0.3) is 0 Å². The van der Waals surface area contributed by atoms with Crippen LogP contribution in [0.15, 0.2) is 0 Å². The highest BCUT2D eigenvalue weighted by Gasteiger charge is 2.05. The maximum absolute atomic E-state index is 11.3. The van der Waals surface area contributed by atoms with Crippen molar-refractivity contribution in [1.82, 2.24) is 14.7 Å². The lowest BCUT2D eigenvalue weighted by Crippen LogP contribution is -2.33. The summed E-state index contributed by atoms with van der Waals surface area (Å²) in [6, 6.07) is 0. The zero-order chi connectivity index (χ0) is 18.2. The van der Waals surface area contributed by atoms with Crippen molar-refractivity contribution in [2.24, 2.45) is 0 Å². The van der Waals surface area contributed by atoms with Crippen LogP contribution < -0.4 is 0 Å². The number of nitrogens with zero attached hydrogens (tertiary/aromatic N) is 3. The Morgan fingerprint density at radius 1 is 0.792 bits per heavy atom. The lowest BCUT2D eigenvalue weighted by atomic mass is 10.4. The molecule has 0 atom stereocenters. The average Bonchev–Trinajstić information content (AvgIpc) is 2.55. The molecular weight excluding hydrogens is 310 g/mol. The number of amides is 1. The van der Waals surface area contributed by atoms with Gasteiger partial charge in [0.15, 0.2) is 0 Å². The summed E-state index contributed by atoms with van der Waals surface area (Å²) in [6.07, 6.45) is 0. The SMILES string of the molecule is CCOCN(C)CCOCCN(C)CCOCCN(CC)C(C)=O. The minimum Gasteiger partial charge on any atom is -0.379 e. The van der Waals surface area contributed by atoms with Gasteiger partial charge in [-0.05, 0) is 27.9 Å². The smallest absolute Gasteiger partial charge is 0.219 e. The van der Waals surface area contributed by atoms with Crippen molar-refractivity contribution >= 4 is 5.91 Å². The summed E-state index contributed by atoms with van der Waals surface area (Å²) in [4.78, 5) is 17.3. The Bertz CT molecular complexity index is 306. The van der Waals surface area contributed by atoms with E-state index in [4.69, 9.17) is 14.2 Å². The molecule has 0 bridgehead atoms. The van der Waals surface area contributed by atoms with Crippen LogP contribution in [0.3, 0.4) is 0 Å². The molecule has 0 radical (unpaired) electrons. The van der Waals surface area contributed by atoms with Gasteiger partial charge in [0, 0.05) is 46.3 Å². The first-order valence-corrected chi connectivity index (χ1v) is 8.87. The maximum Gasteiger partial charge on any atom is 0.219 e. The molecule has 0 rings (SSSR count). The Hall–Kier alpha value is -0.730. The van der Waals surface area contributed by atoms with E-state index in [1.54, 1.807) is 11.8 Å². The summed E-state index contributed by atoms with van der Waals surface area (Å²) < 4.78 is 16.5. The van der Waals surface area contributed by atoms with E-state index in [1.165, 1.54) is 0 Å². The van der Waals surface area contributed by atoms with Crippen LogP contribution in [0.2, 0.25) is 0 Å². The first kappa shape index (κ1) is 23.3. The highest BCUT2D eigenvalue weighted by Crippen LogP contribution is 1.91. The molecule has 0 aliphatic heterocycles. The summed E-state index contributed by atoms with van der Waals surface area (Å²) in [6.45, 7) is 13.6. The van der Waals surface area contributed by atoms with Crippen molar-refractivity contribution in [3.05, 3.63) is 0 Å². The molecule has 0 aromatic heterocycles. The molecule has 0 saturated heterocycles. The molecule has 0 fully saturated rings. The van der Waals surface area contributed by atoms with Gasteiger partial charge in [-0.15, -0.1) is 0 Å². The monoisotopic (exact) mass is 347 g/mol. The van der Waals surface area contributed by atoms with E-state index >= 15 is 0 Å². The second-order valence-electron chi connectivity index (χ2n) is 5.83. The van der Waals surface area contributed by atoms with Crippen molar-refractivity contribution in [3.63, 3.8) is 0 Å². The van der Waals surface area contributed by atoms with Crippen LogP contribution in [0.5, 0.6) is 0 Å². The predicted octanol–water partition coefficient (Wildman–Crippen LogP) is 0.746. The number of carbonyl (C=O) groups is 1. The topological polar surface area (TPSA) is 54.5 Å². The van der Waals surface area contributed by atoms with Gasteiger partial charge in [0.2, 0.25) is 5.91 Å². The molecular formula is C17H37N3O4. The lowest BCUT2D eigenvalue weighted by molar-refractivity contribution is -0.129. The van der Waals surface area contributed by atoms with Gasteiger partial charge in [-0.3, -0.25) is 9.69 Å². The van der Waals surface area contributed by atoms with E-state index < -0.39 is 0 Å². The normalized spacial score (nSPS) is 11.5. The van der Waals surface area contributed by atoms with Crippen LogP contribution in [0.4, 0.5) is 0 Å². The Balaban J connectivity index is 3.44. The summed E-state index contributed by atoms with van der Waals surface area (Å²) in [5.41, 5.74) is 0. The maximum atomic E-state index is 11.3. The zero-order valence-corrected chi connectivity index (χ0v) is 16.3. The molecule has 0 aromatic carbocycles. The molecule has 0 heterocycles. The van der Waals surface area contributed by atoms with Crippen molar-refractivity contribution < 1.29 is 19.0 Å². The van der Waals surface area contributed by atoms with Crippen LogP contribution in [0, 0.1) is 0 Å². The van der Waals surface area contributed by atoms with Gasteiger partial charge < -0.3 is 24.0 Å². The molecule has 0 saturated carbocycles. The van der Waals surface area contributed by atoms with Crippen molar-refractivity contribution in [2.45, 2.75) is 20.8 Å². The first-order chi connectivity index (χ1) is 11.5. The van der Waals surface area contributed by atoms with Crippen molar-refractivity contribution in [2.75, 3.05) is 86.6 Å². The quantitative estimate of drug-likeness (QED) is 0.303. The van der Waals surface area contributed by atoms with E-state index in [2.05, 4.69) is 16.8 Å². The van der Waals surface area contributed by atoms with Crippen LogP contribution in [-0.4, -0.2) is 107 Å².